The maximum absolute atomic E-state index is 11.0. The molecular formula is C12H21N5O2. The Balaban J connectivity index is 2.08. The summed E-state index contributed by atoms with van der Waals surface area (Å²) in [4.78, 5) is 18.8. The van der Waals surface area contributed by atoms with E-state index in [1.165, 1.54) is 6.33 Å². The van der Waals surface area contributed by atoms with Crippen LogP contribution in [0.2, 0.25) is 0 Å². The minimum atomic E-state index is -0.402. The van der Waals surface area contributed by atoms with Gasteiger partial charge < -0.3 is 19.9 Å². The number of nitrogens with zero attached hydrogens (tertiary/aromatic N) is 5. The average Bonchev–Trinajstić information content (AvgIpc) is 2.95. The molecule has 1 aliphatic rings. The Kier molecular flexibility index (Phi) is 4.04. The second-order valence-electron chi connectivity index (χ2n) is 5.22. The van der Waals surface area contributed by atoms with Crippen LogP contribution in [0.3, 0.4) is 0 Å². The fourth-order valence-corrected chi connectivity index (χ4v) is 2.65. The SMILES string of the molecule is CCN(C)C[C@@H]1CCN(c2c([N+](=O)[O-])ncn2C)C1. The molecule has 106 valence electrons. The van der Waals surface area contributed by atoms with E-state index in [4.69, 9.17) is 0 Å². The lowest BCUT2D eigenvalue weighted by atomic mass is 10.1. The van der Waals surface area contributed by atoms with Crippen LogP contribution in [-0.2, 0) is 7.05 Å². The first-order valence-electron chi connectivity index (χ1n) is 6.62. The lowest BCUT2D eigenvalue weighted by Crippen LogP contribution is -2.28. The molecule has 0 unspecified atom stereocenters. The molecule has 19 heavy (non-hydrogen) atoms. The first-order chi connectivity index (χ1) is 9.02. The Morgan fingerprint density at radius 2 is 2.37 bits per heavy atom. The van der Waals surface area contributed by atoms with Crippen molar-refractivity contribution in [2.75, 3.05) is 38.1 Å². The largest absolute Gasteiger partial charge is 0.406 e. The minimum absolute atomic E-state index is 0.0352. The highest BCUT2D eigenvalue weighted by molar-refractivity contribution is 5.55. The monoisotopic (exact) mass is 267 g/mol. The highest BCUT2D eigenvalue weighted by atomic mass is 16.6. The molecule has 0 radical (unpaired) electrons. The van der Waals surface area contributed by atoms with Crippen LogP contribution in [0.1, 0.15) is 13.3 Å². The van der Waals surface area contributed by atoms with E-state index in [2.05, 4.69) is 28.8 Å². The lowest BCUT2D eigenvalue weighted by Gasteiger charge is -2.20. The molecule has 1 aromatic rings. The van der Waals surface area contributed by atoms with Gasteiger partial charge in [-0.3, -0.25) is 4.57 Å². The Bertz CT molecular complexity index is 459. The van der Waals surface area contributed by atoms with Crippen LogP contribution in [0.4, 0.5) is 11.6 Å². The Labute approximate surface area is 113 Å². The van der Waals surface area contributed by atoms with Crippen molar-refractivity contribution in [2.24, 2.45) is 13.0 Å². The molecule has 0 N–H and O–H groups in total. The number of hydrogen-bond acceptors (Lipinski definition) is 5. The molecule has 0 saturated carbocycles. The van der Waals surface area contributed by atoms with Gasteiger partial charge in [0.25, 0.3) is 0 Å². The van der Waals surface area contributed by atoms with Crippen LogP contribution < -0.4 is 4.90 Å². The number of aryl methyl sites for hydroxylation is 1. The predicted octanol–water partition coefficient (Wildman–Crippen LogP) is 1.11. The van der Waals surface area contributed by atoms with E-state index in [0.717, 1.165) is 32.6 Å². The van der Waals surface area contributed by atoms with Gasteiger partial charge in [0.15, 0.2) is 0 Å². The van der Waals surface area contributed by atoms with Gasteiger partial charge in [0, 0.05) is 26.7 Å². The Hall–Kier alpha value is -1.63. The zero-order chi connectivity index (χ0) is 14.0. The van der Waals surface area contributed by atoms with Gasteiger partial charge in [0.2, 0.25) is 12.1 Å². The summed E-state index contributed by atoms with van der Waals surface area (Å²) in [6.07, 6.45) is 2.59. The fourth-order valence-electron chi connectivity index (χ4n) is 2.65. The van der Waals surface area contributed by atoms with E-state index in [-0.39, 0.29) is 5.82 Å². The molecule has 0 bridgehead atoms. The van der Waals surface area contributed by atoms with Crippen LogP contribution in [0.5, 0.6) is 0 Å². The number of hydrogen-bond donors (Lipinski definition) is 0. The second kappa shape index (κ2) is 5.56. The van der Waals surface area contributed by atoms with Gasteiger partial charge in [-0.25, -0.2) is 0 Å². The van der Waals surface area contributed by atoms with E-state index in [1.807, 2.05) is 0 Å². The smallest absolute Gasteiger partial charge is 0.358 e. The number of imidazole rings is 1. The standard InChI is InChI=1S/C12H21N5O2/c1-4-14(2)7-10-5-6-16(8-10)12-11(17(18)19)13-9-15(12)3/h9-10H,4-8H2,1-3H3/t10-/m0/s1. The van der Waals surface area contributed by atoms with Gasteiger partial charge in [0.05, 0.1) is 0 Å². The van der Waals surface area contributed by atoms with E-state index >= 15 is 0 Å². The van der Waals surface area contributed by atoms with Crippen LogP contribution in [0.25, 0.3) is 0 Å². The van der Waals surface area contributed by atoms with Gasteiger partial charge >= 0.3 is 5.82 Å². The third-order valence-corrected chi connectivity index (χ3v) is 3.76. The summed E-state index contributed by atoms with van der Waals surface area (Å²) in [6, 6.07) is 0. The maximum atomic E-state index is 11.0. The molecule has 1 atom stereocenters. The molecule has 2 rings (SSSR count). The van der Waals surface area contributed by atoms with Crippen LogP contribution in [-0.4, -0.2) is 52.6 Å². The van der Waals surface area contributed by atoms with Crippen molar-refractivity contribution in [3.63, 3.8) is 0 Å². The highest BCUT2D eigenvalue weighted by Gasteiger charge is 2.31. The van der Waals surface area contributed by atoms with Gasteiger partial charge in [-0.15, -0.1) is 0 Å². The molecule has 7 nitrogen and oxygen atoms in total. The summed E-state index contributed by atoms with van der Waals surface area (Å²) >= 11 is 0. The zero-order valence-corrected chi connectivity index (χ0v) is 11.7. The zero-order valence-electron chi connectivity index (χ0n) is 11.7. The Morgan fingerprint density at radius 1 is 1.63 bits per heavy atom. The van der Waals surface area contributed by atoms with Crippen LogP contribution >= 0.6 is 0 Å². The molecule has 1 aliphatic heterocycles. The van der Waals surface area contributed by atoms with Gasteiger partial charge in [0.1, 0.15) is 0 Å². The normalized spacial score (nSPS) is 19.4. The molecule has 1 aromatic heterocycles. The van der Waals surface area contributed by atoms with Crippen molar-refractivity contribution in [3.8, 4) is 0 Å². The molecule has 0 aromatic carbocycles. The number of nitro groups is 1. The molecule has 1 fully saturated rings. The second-order valence-corrected chi connectivity index (χ2v) is 5.22. The van der Waals surface area contributed by atoms with Crippen molar-refractivity contribution in [3.05, 3.63) is 16.4 Å². The maximum Gasteiger partial charge on any atom is 0.406 e. The summed E-state index contributed by atoms with van der Waals surface area (Å²) in [5, 5.41) is 11.0. The van der Waals surface area contributed by atoms with E-state index in [1.54, 1.807) is 11.6 Å². The van der Waals surface area contributed by atoms with Gasteiger partial charge in [-0.2, -0.15) is 0 Å². The molecule has 0 aliphatic carbocycles. The summed E-state index contributed by atoms with van der Waals surface area (Å²) < 4.78 is 1.74. The molecular weight excluding hydrogens is 246 g/mol. The fraction of sp³-hybridized carbons (Fsp3) is 0.750. The third-order valence-electron chi connectivity index (χ3n) is 3.76. The predicted molar refractivity (Wildman–Crippen MR) is 73.4 cm³/mol. The lowest BCUT2D eigenvalue weighted by molar-refractivity contribution is -0.388. The molecule has 0 amide bonds. The molecule has 1 saturated heterocycles. The molecule has 7 heteroatoms. The van der Waals surface area contributed by atoms with Crippen molar-refractivity contribution >= 4 is 11.6 Å². The average molecular weight is 267 g/mol. The first kappa shape index (κ1) is 13.8. The molecule has 2 heterocycles. The first-order valence-corrected chi connectivity index (χ1v) is 6.62. The van der Waals surface area contributed by atoms with Crippen molar-refractivity contribution in [1.29, 1.82) is 0 Å². The van der Waals surface area contributed by atoms with Crippen molar-refractivity contribution in [1.82, 2.24) is 14.5 Å². The quantitative estimate of drug-likeness (QED) is 0.590. The summed E-state index contributed by atoms with van der Waals surface area (Å²) in [7, 11) is 3.91. The van der Waals surface area contributed by atoms with E-state index < -0.39 is 4.92 Å². The summed E-state index contributed by atoms with van der Waals surface area (Å²) in [5.41, 5.74) is 0. The van der Waals surface area contributed by atoms with Crippen molar-refractivity contribution in [2.45, 2.75) is 13.3 Å². The summed E-state index contributed by atoms with van der Waals surface area (Å²) in [6.45, 7) is 5.94. The minimum Gasteiger partial charge on any atom is -0.358 e. The van der Waals surface area contributed by atoms with E-state index in [0.29, 0.717) is 11.7 Å². The topological polar surface area (TPSA) is 67.4 Å². The number of anilines is 1. The van der Waals surface area contributed by atoms with Crippen molar-refractivity contribution < 1.29 is 4.92 Å². The van der Waals surface area contributed by atoms with Crippen LogP contribution in [0, 0.1) is 16.0 Å². The van der Waals surface area contributed by atoms with E-state index in [9.17, 15) is 10.1 Å². The number of aromatic nitrogens is 2. The molecule has 0 spiro atoms. The van der Waals surface area contributed by atoms with Crippen LogP contribution in [0.15, 0.2) is 6.33 Å². The highest BCUT2D eigenvalue weighted by Crippen LogP contribution is 2.30. The van der Waals surface area contributed by atoms with Gasteiger partial charge in [-0.1, -0.05) is 6.92 Å². The number of rotatable bonds is 5. The summed E-state index contributed by atoms with van der Waals surface area (Å²) in [5.74, 6) is 1.16. The third kappa shape index (κ3) is 2.86. The van der Waals surface area contributed by atoms with Gasteiger partial charge in [-0.05, 0) is 35.8 Å². The Morgan fingerprint density at radius 3 is 3.00 bits per heavy atom.